The molecule has 4 fully saturated rings. The zero-order valence-corrected chi connectivity index (χ0v) is 25.1. The Morgan fingerprint density at radius 3 is 1.79 bits per heavy atom. The highest BCUT2D eigenvalue weighted by atomic mass is 16.7. The zero-order valence-electron chi connectivity index (χ0n) is 25.1. The normalized spacial score (nSPS) is 30.0. The molecular formula is C29H50O10. The van der Waals surface area contributed by atoms with Gasteiger partial charge in [-0.25, -0.2) is 9.59 Å². The summed E-state index contributed by atoms with van der Waals surface area (Å²) in [6.07, 6.45) is 5.20. The van der Waals surface area contributed by atoms with Crippen LogP contribution in [0.3, 0.4) is 0 Å². The van der Waals surface area contributed by atoms with Crippen LogP contribution in [-0.4, -0.2) is 86.1 Å². The molecule has 39 heavy (non-hydrogen) atoms. The van der Waals surface area contributed by atoms with Gasteiger partial charge in [-0.1, -0.05) is 26.7 Å². The Bertz CT molecular complexity index is 813. The average Bonchev–Trinajstić information content (AvgIpc) is 3.46. The highest BCUT2D eigenvalue weighted by Gasteiger charge is 2.57. The van der Waals surface area contributed by atoms with Crippen molar-refractivity contribution in [1.29, 1.82) is 0 Å². The molecule has 0 radical (unpaired) electrons. The fraction of sp³-hybridized carbons (Fsp3) is 0.931. The second kappa shape index (κ2) is 13.1. The van der Waals surface area contributed by atoms with E-state index in [1.165, 1.54) is 0 Å². The van der Waals surface area contributed by atoms with Gasteiger partial charge in [0, 0.05) is 25.7 Å². The molecule has 0 amide bonds. The number of hydrogen-bond acceptors (Lipinski definition) is 10. The van der Waals surface area contributed by atoms with Crippen LogP contribution in [-0.2, 0) is 47.5 Å². The Morgan fingerprint density at radius 1 is 0.718 bits per heavy atom. The molecule has 0 bridgehead atoms. The van der Waals surface area contributed by atoms with E-state index in [0.717, 1.165) is 25.7 Å². The number of carbonyl (C=O) groups excluding carboxylic acids is 2. The SMILES string of the molecule is CCCCOC(=O)C1(C)CC2(CC(C)(C)O1)OCCO2.CCCCOC(=O)C1CC2(CC(C)(C)O1)OCCO2. The Labute approximate surface area is 233 Å². The molecule has 4 aliphatic heterocycles. The molecule has 4 heterocycles. The van der Waals surface area contributed by atoms with Gasteiger partial charge in [-0.2, -0.15) is 0 Å². The molecular weight excluding hydrogens is 508 g/mol. The maximum atomic E-state index is 12.4. The third-order valence-corrected chi connectivity index (χ3v) is 7.25. The first-order chi connectivity index (χ1) is 18.3. The fourth-order valence-electron chi connectivity index (χ4n) is 5.91. The Kier molecular flexibility index (Phi) is 10.8. The molecule has 4 aliphatic rings. The van der Waals surface area contributed by atoms with Gasteiger partial charge in [-0.3, -0.25) is 0 Å². The second-order valence-corrected chi connectivity index (χ2v) is 12.4. The maximum absolute atomic E-state index is 12.4. The Morgan fingerprint density at radius 2 is 1.23 bits per heavy atom. The molecule has 0 aromatic carbocycles. The molecule has 10 heteroatoms. The van der Waals surface area contributed by atoms with Crippen LogP contribution in [0.5, 0.6) is 0 Å². The van der Waals surface area contributed by atoms with Crippen molar-refractivity contribution in [1.82, 2.24) is 0 Å². The summed E-state index contributed by atoms with van der Waals surface area (Å²) in [6.45, 7) is 16.9. The predicted octanol–water partition coefficient (Wildman–Crippen LogP) is 4.45. The molecule has 0 saturated carbocycles. The van der Waals surface area contributed by atoms with Gasteiger partial charge < -0.3 is 37.9 Å². The molecule has 0 N–H and O–H groups in total. The quantitative estimate of drug-likeness (QED) is 0.313. The van der Waals surface area contributed by atoms with E-state index in [1.54, 1.807) is 6.92 Å². The third-order valence-electron chi connectivity index (χ3n) is 7.25. The summed E-state index contributed by atoms with van der Waals surface area (Å²) in [5.74, 6) is -2.01. The van der Waals surface area contributed by atoms with E-state index in [0.29, 0.717) is 65.3 Å². The van der Waals surface area contributed by atoms with Crippen molar-refractivity contribution in [3.05, 3.63) is 0 Å². The minimum atomic E-state index is -1.01. The predicted molar refractivity (Wildman–Crippen MR) is 142 cm³/mol. The molecule has 0 aromatic heterocycles. The molecule has 4 rings (SSSR count). The van der Waals surface area contributed by atoms with Crippen molar-refractivity contribution in [2.45, 2.75) is 134 Å². The van der Waals surface area contributed by atoms with E-state index in [-0.39, 0.29) is 11.9 Å². The van der Waals surface area contributed by atoms with Crippen LogP contribution in [0.4, 0.5) is 0 Å². The van der Waals surface area contributed by atoms with Crippen molar-refractivity contribution in [2.75, 3.05) is 39.6 Å². The molecule has 226 valence electrons. The van der Waals surface area contributed by atoms with Gasteiger partial charge >= 0.3 is 11.9 Å². The van der Waals surface area contributed by atoms with Crippen molar-refractivity contribution in [3.63, 3.8) is 0 Å². The van der Waals surface area contributed by atoms with E-state index in [2.05, 4.69) is 13.8 Å². The molecule has 0 aromatic rings. The van der Waals surface area contributed by atoms with Crippen LogP contribution in [0.25, 0.3) is 0 Å². The van der Waals surface area contributed by atoms with Gasteiger partial charge in [0.2, 0.25) is 0 Å². The zero-order chi connectivity index (χ0) is 28.8. The highest BCUT2D eigenvalue weighted by molar-refractivity contribution is 5.79. The van der Waals surface area contributed by atoms with Crippen molar-refractivity contribution >= 4 is 11.9 Å². The standard InChI is InChI=1S/C15H26O5.C14H24O5/c1-5-6-7-17-12(16)14(4)11-15(18-8-9-19-15)10-13(2,3)20-14;1-4-5-6-16-12(15)11-9-14(17-7-8-18-14)10-13(2,3)19-11/h5-11H2,1-4H3;11H,4-10H2,1-3H3. The topological polar surface area (TPSA) is 108 Å². The minimum Gasteiger partial charge on any atom is -0.464 e. The first-order valence-corrected chi connectivity index (χ1v) is 14.5. The Balaban J connectivity index is 0.000000216. The monoisotopic (exact) mass is 558 g/mol. The summed E-state index contributed by atoms with van der Waals surface area (Å²) >= 11 is 0. The molecule has 4 saturated heterocycles. The average molecular weight is 559 g/mol. The van der Waals surface area contributed by atoms with Crippen molar-refractivity contribution < 1.29 is 47.5 Å². The maximum Gasteiger partial charge on any atom is 0.338 e. The number of ether oxygens (including phenoxy) is 8. The van der Waals surface area contributed by atoms with Crippen LogP contribution in [0.15, 0.2) is 0 Å². The first-order valence-electron chi connectivity index (χ1n) is 14.5. The van der Waals surface area contributed by atoms with E-state index in [9.17, 15) is 9.59 Å². The van der Waals surface area contributed by atoms with Gasteiger partial charge in [0.1, 0.15) is 0 Å². The molecule has 10 nitrogen and oxygen atoms in total. The lowest BCUT2D eigenvalue weighted by molar-refractivity contribution is -0.290. The number of rotatable bonds is 8. The first kappa shape index (κ1) is 32.2. The molecule has 2 atom stereocenters. The lowest BCUT2D eigenvalue weighted by atomic mass is 9.83. The van der Waals surface area contributed by atoms with E-state index in [4.69, 9.17) is 37.9 Å². The summed E-state index contributed by atoms with van der Waals surface area (Å²) in [5.41, 5.74) is -1.95. The largest absolute Gasteiger partial charge is 0.464 e. The summed E-state index contributed by atoms with van der Waals surface area (Å²) in [6, 6.07) is 0. The van der Waals surface area contributed by atoms with Crippen LogP contribution in [0, 0.1) is 0 Å². The molecule has 2 spiro atoms. The highest BCUT2D eigenvalue weighted by Crippen LogP contribution is 2.46. The van der Waals surface area contributed by atoms with Crippen LogP contribution in [0.1, 0.15) is 99.8 Å². The van der Waals surface area contributed by atoms with E-state index in [1.807, 2.05) is 27.7 Å². The second-order valence-electron chi connectivity index (χ2n) is 12.4. The van der Waals surface area contributed by atoms with Gasteiger partial charge in [0.25, 0.3) is 0 Å². The van der Waals surface area contributed by atoms with E-state index >= 15 is 0 Å². The summed E-state index contributed by atoms with van der Waals surface area (Å²) < 4.78 is 45.4. The van der Waals surface area contributed by atoms with Crippen LogP contribution >= 0.6 is 0 Å². The number of esters is 2. The number of carbonyl (C=O) groups is 2. The van der Waals surface area contributed by atoms with Gasteiger partial charge in [-0.15, -0.1) is 0 Å². The van der Waals surface area contributed by atoms with E-state index < -0.39 is 34.5 Å². The Hall–Kier alpha value is -1.30. The number of hydrogen-bond donors (Lipinski definition) is 0. The van der Waals surface area contributed by atoms with Crippen LogP contribution in [0.2, 0.25) is 0 Å². The van der Waals surface area contributed by atoms with Gasteiger partial charge in [0.05, 0.1) is 50.8 Å². The van der Waals surface area contributed by atoms with Crippen molar-refractivity contribution in [3.8, 4) is 0 Å². The molecule has 2 unspecified atom stereocenters. The van der Waals surface area contributed by atoms with Crippen molar-refractivity contribution in [2.24, 2.45) is 0 Å². The van der Waals surface area contributed by atoms with Gasteiger partial charge in [-0.05, 0) is 47.5 Å². The summed E-state index contributed by atoms with van der Waals surface area (Å²) in [7, 11) is 0. The van der Waals surface area contributed by atoms with Crippen LogP contribution < -0.4 is 0 Å². The minimum absolute atomic E-state index is 0.306. The smallest absolute Gasteiger partial charge is 0.338 e. The summed E-state index contributed by atoms with van der Waals surface area (Å²) in [5, 5.41) is 0. The lowest BCUT2D eigenvalue weighted by Gasteiger charge is -2.48. The lowest BCUT2D eigenvalue weighted by Crippen LogP contribution is -2.59. The fourth-order valence-corrected chi connectivity index (χ4v) is 5.91. The third kappa shape index (κ3) is 8.84. The summed E-state index contributed by atoms with van der Waals surface area (Å²) in [4.78, 5) is 24.4. The van der Waals surface area contributed by atoms with Gasteiger partial charge in [0.15, 0.2) is 23.3 Å². The molecule has 0 aliphatic carbocycles. The number of unbranched alkanes of at least 4 members (excludes halogenated alkanes) is 2.